The Morgan fingerprint density at radius 2 is 2.06 bits per heavy atom. The van der Waals surface area contributed by atoms with Gasteiger partial charge in [0.05, 0.1) is 5.60 Å². The summed E-state index contributed by atoms with van der Waals surface area (Å²) in [5.41, 5.74) is 2.08. The lowest BCUT2D eigenvalue weighted by molar-refractivity contribution is -0.000907. The van der Waals surface area contributed by atoms with Gasteiger partial charge in [0.15, 0.2) is 0 Å². The van der Waals surface area contributed by atoms with Crippen molar-refractivity contribution in [3.05, 3.63) is 35.4 Å². The van der Waals surface area contributed by atoms with Gasteiger partial charge in [-0.25, -0.2) is 0 Å². The van der Waals surface area contributed by atoms with E-state index in [9.17, 15) is 5.11 Å². The van der Waals surface area contributed by atoms with E-state index in [0.717, 1.165) is 31.2 Å². The number of benzene rings is 1. The summed E-state index contributed by atoms with van der Waals surface area (Å²) in [6.45, 7) is 8.90. The van der Waals surface area contributed by atoms with E-state index in [4.69, 9.17) is 0 Å². The van der Waals surface area contributed by atoms with Crippen LogP contribution in [-0.4, -0.2) is 5.11 Å². The maximum absolute atomic E-state index is 11.1. The van der Waals surface area contributed by atoms with E-state index in [1.54, 1.807) is 0 Å². The summed E-state index contributed by atoms with van der Waals surface area (Å²) in [5, 5.41) is 11.1. The van der Waals surface area contributed by atoms with Crippen LogP contribution in [0.5, 0.6) is 0 Å². The summed E-state index contributed by atoms with van der Waals surface area (Å²) in [7, 11) is 0. The van der Waals surface area contributed by atoms with Gasteiger partial charge in [0.2, 0.25) is 0 Å². The van der Waals surface area contributed by atoms with Gasteiger partial charge in [-0.3, -0.25) is 0 Å². The Labute approximate surface area is 111 Å². The molecule has 2 unspecified atom stereocenters. The third-order valence-electron chi connectivity index (χ3n) is 4.39. The summed E-state index contributed by atoms with van der Waals surface area (Å²) in [4.78, 5) is 0. The zero-order valence-corrected chi connectivity index (χ0v) is 12.2. The van der Waals surface area contributed by atoms with Crippen LogP contribution in [0.25, 0.3) is 0 Å². The maximum atomic E-state index is 11.1. The van der Waals surface area contributed by atoms with Crippen LogP contribution in [0.2, 0.25) is 0 Å². The molecule has 0 bridgehead atoms. The highest BCUT2D eigenvalue weighted by Gasteiger charge is 2.48. The normalized spacial score (nSPS) is 30.6. The topological polar surface area (TPSA) is 20.2 Å². The molecule has 2 atom stereocenters. The van der Waals surface area contributed by atoms with Gasteiger partial charge in [-0.2, -0.15) is 0 Å². The zero-order valence-electron chi connectivity index (χ0n) is 12.2. The largest absolute Gasteiger partial charge is 0.385 e. The lowest BCUT2D eigenvalue weighted by Crippen LogP contribution is -2.29. The smallest absolute Gasteiger partial charge is 0.0927 e. The van der Waals surface area contributed by atoms with Gasteiger partial charge in [0.1, 0.15) is 0 Å². The highest BCUT2D eigenvalue weighted by atomic mass is 16.3. The molecule has 1 aliphatic rings. The summed E-state index contributed by atoms with van der Waals surface area (Å²) >= 11 is 0. The zero-order chi connectivity index (χ0) is 13.4. The first kappa shape index (κ1) is 13.6. The Kier molecular flexibility index (Phi) is 3.55. The maximum Gasteiger partial charge on any atom is 0.0927 e. The van der Waals surface area contributed by atoms with E-state index in [1.807, 2.05) is 0 Å². The minimum Gasteiger partial charge on any atom is -0.385 e. The average Bonchev–Trinajstić information content (AvgIpc) is 2.49. The van der Waals surface area contributed by atoms with Gasteiger partial charge in [0, 0.05) is 0 Å². The van der Waals surface area contributed by atoms with Crippen molar-refractivity contribution in [2.75, 3.05) is 0 Å². The Morgan fingerprint density at radius 3 is 2.61 bits per heavy atom. The summed E-state index contributed by atoms with van der Waals surface area (Å²) in [5.74, 6) is 0.337. The van der Waals surface area contributed by atoms with E-state index in [1.165, 1.54) is 5.56 Å². The Morgan fingerprint density at radius 1 is 1.33 bits per heavy atom. The SMILES string of the molecule is CCCc1cccc(C2(O)CC(C)(C)CC2C)c1. The number of rotatable bonds is 3. The minimum absolute atomic E-state index is 0.245. The number of aryl methyl sites for hydroxylation is 1. The molecule has 1 heteroatoms. The van der Waals surface area contributed by atoms with E-state index >= 15 is 0 Å². The van der Waals surface area contributed by atoms with Gasteiger partial charge >= 0.3 is 0 Å². The predicted molar refractivity (Wildman–Crippen MR) is 76.5 cm³/mol. The van der Waals surface area contributed by atoms with E-state index in [-0.39, 0.29) is 5.41 Å². The van der Waals surface area contributed by atoms with Crippen molar-refractivity contribution in [2.45, 2.75) is 59.0 Å². The van der Waals surface area contributed by atoms with Crippen LogP contribution < -0.4 is 0 Å². The molecule has 0 aliphatic heterocycles. The van der Waals surface area contributed by atoms with Crippen LogP contribution in [0.15, 0.2) is 24.3 Å². The Balaban J connectivity index is 2.33. The van der Waals surface area contributed by atoms with Crippen LogP contribution in [0.1, 0.15) is 58.1 Å². The molecule has 1 aliphatic carbocycles. The molecule has 0 radical (unpaired) electrons. The highest BCUT2D eigenvalue weighted by Crippen LogP contribution is 2.52. The van der Waals surface area contributed by atoms with E-state index in [2.05, 4.69) is 52.0 Å². The second-order valence-electron chi connectivity index (χ2n) is 6.82. The van der Waals surface area contributed by atoms with Gasteiger partial charge in [-0.1, -0.05) is 58.4 Å². The fourth-order valence-corrected chi connectivity index (χ4v) is 3.65. The lowest BCUT2D eigenvalue weighted by atomic mass is 9.83. The molecular weight excluding hydrogens is 220 g/mol. The third-order valence-corrected chi connectivity index (χ3v) is 4.39. The quantitative estimate of drug-likeness (QED) is 0.844. The Bertz CT molecular complexity index is 421. The van der Waals surface area contributed by atoms with Crippen molar-refractivity contribution in [1.82, 2.24) is 0 Å². The molecule has 0 aromatic heterocycles. The molecule has 2 rings (SSSR count). The number of aliphatic hydroxyl groups is 1. The second kappa shape index (κ2) is 4.70. The van der Waals surface area contributed by atoms with Crippen molar-refractivity contribution in [2.24, 2.45) is 11.3 Å². The van der Waals surface area contributed by atoms with E-state index < -0.39 is 5.60 Å². The second-order valence-corrected chi connectivity index (χ2v) is 6.82. The molecule has 0 heterocycles. The first-order chi connectivity index (χ1) is 8.37. The fraction of sp³-hybridized carbons (Fsp3) is 0.647. The molecule has 0 saturated heterocycles. The molecule has 18 heavy (non-hydrogen) atoms. The number of hydrogen-bond donors (Lipinski definition) is 1. The predicted octanol–water partition coefficient (Wildman–Crippen LogP) is 4.28. The first-order valence-electron chi connectivity index (χ1n) is 7.19. The van der Waals surface area contributed by atoms with Gasteiger partial charge in [0.25, 0.3) is 0 Å². The van der Waals surface area contributed by atoms with Crippen molar-refractivity contribution >= 4 is 0 Å². The van der Waals surface area contributed by atoms with Crippen molar-refractivity contribution in [3.8, 4) is 0 Å². The molecule has 1 fully saturated rings. The van der Waals surface area contributed by atoms with Crippen LogP contribution in [0, 0.1) is 11.3 Å². The van der Waals surface area contributed by atoms with Crippen molar-refractivity contribution < 1.29 is 5.11 Å². The average molecular weight is 246 g/mol. The minimum atomic E-state index is -0.632. The molecule has 1 aromatic carbocycles. The Hall–Kier alpha value is -0.820. The molecule has 0 amide bonds. The molecule has 0 spiro atoms. The molecule has 1 N–H and O–H groups in total. The van der Waals surface area contributed by atoms with Gasteiger partial charge in [-0.05, 0) is 41.7 Å². The van der Waals surface area contributed by atoms with Crippen LogP contribution >= 0.6 is 0 Å². The monoisotopic (exact) mass is 246 g/mol. The molecule has 100 valence electrons. The molecule has 1 aromatic rings. The molecular formula is C17H26O. The molecule has 1 saturated carbocycles. The summed E-state index contributed by atoms with van der Waals surface area (Å²) in [6, 6.07) is 8.57. The summed E-state index contributed by atoms with van der Waals surface area (Å²) in [6.07, 6.45) is 4.23. The van der Waals surface area contributed by atoms with Crippen LogP contribution in [-0.2, 0) is 12.0 Å². The highest BCUT2D eigenvalue weighted by molar-refractivity contribution is 5.30. The standard InChI is InChI=1S/C17H26O/c1-5-7-14-8-6-9-15(10-14)17(18)12-16(3,4)11-13(17)2/h6,8-10,13,18H,5,7,11-12H2,1-4H3. The van der Waals surface area contributed by atoms with Crippen molar-refractivity contribution in [1.29, 1.82) is 0 Å². The molecule has 1 nitrogen and oxygen atoms in total. The first-order valence-corrected chi connectivity index (χ1v) is 7.19. The summed E-state index contributed by atoms with van der Waals surface area (Å²) < 4.78 is 0. The number of hydrogen-bond acceptors (Lipinski definition) is 1. The van der Waals surface area contributed by atoms with E-state index in [0.29, 0.717) is 5.92 Å². The third kappa shape index (κ3) is 2.47. The van der Waals surface area contributed by atoms with Crippen LogP contribution in [0.3, 0.4) is 0 Å². The van der Waals surface area contributed by atoms with Gasteiger partial charge < -0.3 is 5.11 Å². The lowest BCUT2D eigenvalue weighted by Gasteiger charge is -2.29. The van der Waals surface area contributed by atoms with Crippen LogP contribution in [0.4, 0.5) is 0 Å². The van der Waals surface area contributed by atoms with Crippen molar-refractivity contribution in [3.63, 3.8) is 0 Å². The van der Waals surface area contributed by atoms with Gasteiger partial charge in [-0.15, -0.1) is 0 Å². The fourth-order valence-electron chi connectivity index (χ4n) is 3.65.